The van der Waals surface area contributed by atoms with Gasteiger partial charge in [0.15, 0.2) is 5.69 Å². The van der Waals surface area contributed by atoms with Crippen molar-refractivity contribution < 1.29 is 9.90 Å². The molecular formula is C14H14N4O2. The second-order valence-electron chi connectivity index (χ2n) is 4.65. The van der Waals surface area contributed by atoms with Crippen molar-refractivity contribution in [3.05, 3.63) is 30.0 Å². The van der Waals surface area contributed by atoms with Crippen LogP contribution in [0.4, 0.5) is 5.69 Å². The molecule has 20 heavy (non-hydrogen) atoms. The quantitative estimate of drug-likeness (QED) is 0.908. The summed E-state index contributed by atoms with van der Waals surface area (Å²) in [7, 11) is 1.75. The number of carboxylic acid groups (broad SMARTS) is 1. The Morgan fingerprint density at radius 2 is 2.15 bits per heavy atom. The number of anilines is 1. The predicted molar refractivity (Wildman–Crippen MR) is 74.3 cm³/mol. The molecule has 1 atom stereocenters. The zero-order valence-corrected chi connectivity index (χ0v) is 11.2. The van der Waals surface area contributed by atoms with Gasteiger partial charge in [-0.1, -0.05) is 25.1 Å². The van der Waals surface area contributed by atoms with Gasteiger partial charge in [0, 0.05) is 19.0 Å². The van der Waals surface area contributed by atoms with Gasteiger partial charge in [-0.2, -0.15) is 5.26 Å². The maximum Gasteiger partial charge on any atom is 0.308 e. The molecule has 1 heterocycles. The smallest absolute Gasteiger partial charge is 0.308 e. The van der Waals surface area contributed by atoms with E-state index in [9.17, 15) is 10.1 Å². The Morgan fingerprint density at radius 1 is 1.45 bits per heavy atom. The number of aliphatic carboxylic acids is 1. The topological polar surface area (TPSA) is 90.1 Å². The van der Waals surface area contributed by atoms with Gasteiger partial charge in [0.05, 0.1) is 17.1 Å². The van der Waals surface area contributed by atoms with E-state index in [0.717, 1.165) is 5.39 Å². The van der Waals surface area contributed by atoms with E-state index in [1.54, 1.807) is 24.9 Å². The van der Waals surface area contributed by atoms with Gasteiger partial charge in [-0.05, 0) is 6.07 Å². The highest BCUT2D eigenvalue weighted by Crippen LogP contribution is 2.27. The summed E-state index contributed by atoms with van der Waals surface area (Å²) in [6, 6.07) is 9.36. The van der Waals surface area contributed by atoms with Crippen LogP contribution in [0, 0.1) is 17.2 Å². The first kappa shape index (κ1) is 13.7. The molecule has 1 N–H and O–H groups in total. The lowest BCUT2D eigenvalue weighted by Crippen LogP contribution is -2.29. The summed E-state index contributed by atoms with van der Waals surface area (Å²) >= 11 is 0. The Morgan fingerprint density at radius 3 is 2.80 bits per heavy atom. The first-order valence-electron chi connectivity index (χ1n) is 6.14. The number of rotatable bonds is 4. The zero-order valence-electron chi connectivity index (χ0n) is 11.2. The molecule has 0 bridgehead atoms. The van der Waals surface area contributed by atoms with Crippen molar-refractivity contribution in [1.29, 1.82) is 5.26 Å². The van der Waals surface area contributed by atoms with Crippen molar-refractivity contribution in [2.24, 2.45) is 5.92 Å². The molecular weight excluding hydrogens is 256 g/mol. The number of carboxylic acids is 1. The molecule has 0 aliphatic heterocycles. The molecule has 2 rings (SSSR count). The minimum atomic E-state index is -0.873. The zero-order chi connectivity index (χ0) is 14.7. The van der Waals surface area contributed by atoms with Gasteiger partial charge >= 0.3 is 5.97 Å². The second kappa shape index (κ2) is 5.53. The number of fused-ring (bicyclic) bond motifs is 1. The first-order valence-corrected chi connectivity index (χ1v) is 6.14. The first-order chi connectivity index (χ1) is 9.54. The molecule has 6 heteroatoms. The van der Waals surface area contributed by atoms with Crippen LogP contribution in [0.5, 0.6) is 0 Å². The van der Waals surface area contributed by atoms with E-state index in [1.165, 1.54) is 0 Å². The van der Waals surface area contributed by atoms with E-state index < -0.39 is 11.9 Å². The fourth-order valence-electron chi connectivity index (χ4n) is 2.08. The van der Waals surface area contributed by atoms with E-state index in [2.05, 4.69) is 10.2 Å². The molecule has 0 spiro atoms. The minimum absolute atomic E-state index is 0.198. The van der Waals surface area contributed by atoms with Crippen LogP contribution in [-0.4, -0.2) is 34.9 Å². The largest absolute Gasteiger partial charge is 0.481 e. The number of aromatic nitrogens is 2. The van der Waals surface area contributed by atoms with Crippen molar-refractivity contribution in [1.82, 2.24) is 10.2 Å². The monoisotopic (exact) mass is 270 g/mol. The molecule has 0 aliphatic carbocycles. The number of hydrogen-bond donors (Lipinski definition) is 1. The van der Waals surface area contributed by atoms with Crippen molar-refractivity contribution in [2.45, 2.75) is 6.92 Å². The van der Waals surface area contributed by atoms with E-state index in [4.69, 9.17) is 5.11 Å². The van der Waals surface area contributed by atoms with Crippen molar-refractivity contribution in [3.63, 3.8) is 0 Å². The highest BCUT2D eigenvalue weighted by Gasteiger charge is 2.19. The summed E-state index contributed by atoms with van der Waals surface area (Å²) in [6.07, 6.45) is 0. The molecule has 0 fully saturated rings. The fourth-order valence-corrected chi connectivity index (χ4v) is 2.08. The number of nitriles is 1. The van der Waals surface area contributed by atoms with Gasteiger partial charge in [0.1, 0.15) is 6.07 Å². The van der Waals surface area contributed by atoms with Gasteiger partial charge in [-0.3, -0.25) is 4.79 Å². The third-order valence-corrected chi connectivity index (χ3v) is 3.10. The van der Waals surface area contributed by atoms with Crippen LogP contribution in [0.1, 0.15) is 12.6 Å². The third kappa shape index (κ3) is 2.52. The Balaban J connectivity index is 2.51. The fraction of sp³-hybridized carbons (Fsp3) is 0.286. The SMILES string of the molecule is CC(CN(C)c1c(C#N)nnc2ccccc12)C(=O)O. The summed E-state index contributed by atoms with van der Waals surface area (Å²) in [5.74, 6) is -1.42. The van der Waals surface area contributed by atoms with Crippen LogP contribution in [0.25, 0.3) is 10.9 Å². The van der Waals surface area contributed by atoms with Crippen molar-refractivity contribution in [2.75, 3.05) is 18.5 Å². The summed E-state index contributed by atoms with van der Waals surface area (Å²) in [5, 5.41) is 26.9. The van der Waals surface area contributed by atoms with Gasteiger partial charge < -0.3 is 10.0 Å². The summed E-state index contributed by atoms with van der Waals surface area (Å²) in [4.78, 5) is 12.7. The maximum atomic E-state index is 11.0. The van der Waals surface area contributed by atoms with Crippen LogP contribution >= 0.6 is 0 Å². The Bertz CT molecular complexity index is 693. The lowest BCUT2D eigenvalue weighted by molar-refractivity contribution is -0.140. The molecule has 102 valence electrons. The van der Waals surface area contributed by atoms with Gasteiger partial charge in [0.25, 0.3) is 0 Å². The van der Waals surface area contributed by atoms with E-state index in [-0.39, 0.29) is 5.69 Å². The number of benzene rings is 1. The van der Waals surface area contributed by atoms with E-state index >= 15 is 0 Å². The van der Waals surface area contributed by atoms with Crippen LogP contribution in [0.15, 0.2) is 24.3 Å². The lowest BCUT2D eigenvalue weighted by Gasteiger charge is -2.23. The van der Waals surface area contributed by atoms with Gasteiger partial charge in [0.2, 0.25) is 0 Å². The summed E-state index contributed by atoms with van der Waals surface area (Å²) < 4.78 is 0. The molecule has 1 unspecified atom stereocenters. The molecule has 1 aromatic heterocycles. The van der Waals surface area contributed by atoms with E-state index in [0.29, 0.717) is 17.7 Å². The van der Waals surface area contributed by atoms with Crippen LogP contribution in [0.2, 0.25) is 0 Å². The Kier molecular flexibility index (Phi) is 3.80. The molecule has 0 amide bonds. The molecule has 0 saturated carbocycles. The van der Waals surface area contributed by atoms with Crippen molar-refractivity contribution in [3.8, 4) is 6.07 Å². The highest BCUT2D eigenvalue weighted by molar-refractivity contribution is 5.93. The number of nitrogens with zero attached hydrogens (tertiary/aromatic N) is 4. The van der Waals surface area contributed by atoms with Crippen LogP contribution in [-0.2, 0) is 4.79 Å². The molecule has 0 saturated heterocycles. The predicted octanol–water partition coefficient (Wildman–Crippen LogP) is 1.66. The average Bonchev–Trinajstić information content (AvgIpc) is 2.45. The van der Waals surface area contributed by atoms with Gasteiger partial charge in [-0.15, -0.1) is 10.2 Å². The highest BCUT2D eigenvalue weighted by atomic mass is 16.4. The third-order valence-electron chi connectivity index (χ3n) is 3.10. The average molecular weight is 270 g/mol. The minimum Gasteiger partial charge on any atom is -0.481 e. The molecule has 1 aromatic carbocycles. The van der Waals surface area contributed by atoms with E-state index in [1.807, 2.05) is 24.3 Å². The summed E-state index contributed by atoms with van der Waals surface area (Å²) in [6.45, 7) is 1.92. The molecule has 6 nitrogen and oxygen atoms in total. The Labute approximate surface area is 116 Å². The summed E-state index contributed by atoms with van der Waals surface area (Å²) in [5.41, 5.74) is 1.49. The lowest BCUT2D eigenvalue weighted by atomic mass is 10.1. The van der Waals surface area contributed by atoms with Crippen molar-refractivity contribution >= 4 is 22.6 Å². The molecule has 0 radical (unpaired) electrons. The standard InChI is InChI=1S/C14H14N4O2/c1-9(14(19)20)8-18(2)13-10-5-3-4-6-11(10)16-17-12(13)7-15/h3-6,9H,8H2,1-2H3,(H,19,20). The Hall–Kier alpha value is -2.68. The number of hydrogen-bond acceptors (Lipinski definition) is 5. The maximum absolute atomic E-state index is 11.0. The van der Waals surface area contributed by atoms with Crippen LogP contribution in [0.3, 0.4) is 0 Å². The number of carbonyl (C=O) groups is 1. The van der Waals surface area contributed by atoms with Crippen LogP contribution < -0.4 is 4.90 Å². The molecule has 2 aromatic rings. The van der Waals surface area contributed by atoms with Gasteiger partial charge in [-0.25, -0.2) is 0 Å². The normalized spacial score (nSPS) is 11.8. The second-order valence-corrected chi connectivity index (χ2v) is 4.65. The molecule has 0 aliphatic rings.